The van der Waals surface area contributed by atoms with E-state index in [0.717, 1.165) is 0 Å². The molecule has 0 radical (unpaired) electrons. The van der Waals surface area contributed by atoms with Crippen LogP contribution >= 0.6 is 0 Å². The highest BCUT2D eigenvalue weighted by Crippen LogP contribution is 2.43. The molecule has 4 heterocycles. The van der Waals surface area contributed by atoms with Gasteiger partial charge < -0.3 is 29.9 Å². The highest BCUT2D eigenvalue weighted by Gasteiger charge is 2.26. The number of nitrogens with zero attached hydrogens (tertiary/aromatic N) is 20. The molecule has 0 saturated heterocycles. The maximum atomic E-state index is 11.4. The van der Waals surface area contributed by atoms with Gasteiger partial charge in [0.1, 0.15) is 34.5 Å². The zero-order chi connectivity index (χ0) is 53.4. The number of tetrazole rings is 4. The standard InChI is InChI=1S/C51H44N20O6/c1-30-56-60-64-68(30)52-25-34-5-17-46(72)42(21-34)50(43-22-35(6-18-47(43)73)26-53-69-31(2)57-61-65-69)38-9-13-40(14-10-38)76-29-77-41-15-11-39(12-16-41)51(44-23-36(7-19-48(44)74)27-54-70-32(3)58-62-66-70)45-24-37(8-20-49(45)75)28-55-71-33(4)59-63-67-71/h5-28,50-51,72-75H,29H2,1-4H3/b52-25+,53-26+,54-27+,55-28+. The fourth-order valence-electron chi connectivity index (χ4n) is 8.09. The van der Waals surface area contributed by atoms with Gasteiger partial charge in [0.15, 0.2) is 23.3 Å². The van der Waals surface area contributed by atoms with E-state index in [1.165, 1.54) is 19.2 Å². The van der Waals surface area contributed by atoms with Gasteiger partial charge in [0, 0.05) is 34.1 Å². The van der Waals surface area contributed by atoms with E-state index in [-0.39, 0.29) is 29.8 Å². The Morgan fingerprint density at radius 2 is 0.649 bits per heavy atom. The number of aromatic nitrogens is 16. The fraction of sp³-hybridized carbons (Fsp3) is 0.137. The van der Waals surface area contributed by atoms with Crippen LogP contribution in [-0.2, 0) is 0 Å². The van der Waals surface area contributed by atoms with Crippen LogP contribution in [0, 0.1) is 27.7 Å². The van der Waals surface area contributed by atoms with Crippen LogP contribution in [0.15, 0.2) is 142 Å². The first kappa shape index (κ1) is 49.6. The number of rotatable bonds is 18. The maximum Gasteiger partial charge on any atom is 0.230 e. The van der Waals surface area contributed by atoms with Crippen molar-refractivity contribution in [2.75, 3.05) is 6.79 Å². The Balaban J connectivity index is 0.908. The average molecular weight is 1030 g/mol. The SMILES string of the molecule is Cc1nnnn1/N=C/c1ccc(O)c(C(c2ccc(OCOc3ccc(C(c4cc(/C=N/n5nnnc5C)ccc4O)c4cc(/C=N/n5nnnc5C)ccc4O)cc3)cc2)c2cc(/C=N/n3nnnc3C)ccc2O)c1. The number of hydrogen-bond donors (Lipinski definition) is 4. The van der Waals surface area contributed by atoms with Crippen molar-refractivity contribution >= 4 is 24.9 Å². The van der Waals surface area contributed by atoms with E-state index < -0.39 is 11.8 Å². The van der Waals surface area contributed by atoms with Crippen molar-refractivity contribution < 1.29 is 29.9 Å². The molecule has 0 amide bonds. The van der Waals surface area contributed by atoms with E-state index >= 15 is 0 Å². The molecule has 77 heavy (non-hydrogen) atoms. The van der Waals surface area contributed by atoms with E-state index in [1.807, 2.05) is 24.3 Å². The maximum absolute atomic E-state index is 11.4. The van der Waals surface area contributed by atoms with E-state index in [0.29, 0.717) is 90.4 Å². The molecule has 384 valence electrons. The second kappa shape index (κ2) is 22.1. The van der Waals surface area contributed by atoms with Crippen LogP contribution in [0.4, 0.5) is 0 Å². The van der Waals surface area contributed by atoms with Crippen LogP contribution in [-0.4, -0.2) is 133 Å². The second-order valence-corrected chi connectivity index (χ2v) is 17.1. The lowest BCUT2D eigenvalue weighted by Crippen LogP contribution is -2.08. The Bertz CT molecular complexity index is 3380. The first-order chi connectivity index (χ1) is 37.4. The quantitative estimate of drug-likeness (QED) is 0.0499. The Morgan fingerprint density at radius 3 is 0.883 bits per heavy atom. The minimum atomic E-state index is -0.716. The Kier molecular flexibility index (Phi) is 14.2. The lowest BCUT2D eigenvalue weighted by Gasteiger charge is -2.22. The normalized spacial score (nSPS) is 11.9. The molecule has 4 aromatic heterocycles. The van der Waals surface area contributed by atoms with Crippen molar-refractivity contribution in [3.8, 4) is 34.5 Å². The van der Waals surface area contributed by atoms with Gasteiger partial charge in [-0.05, 0) is 200 Å². The number of benzene rings is 6. The molecule has 0 bridgehead atoms. The largest absolute Gasteiger partial charge is 0.508 e. The second-order valence-electron chi connectivity index (χ2n) is 17.1. The zero-order valence-electron chi connectivity index (χ0n) is 41.3. The molecular formula is C51H44N20O6. The number of phenolic OH excluding ortho intramolecular Hbond substituents is 4. The number of aryl methyl sites for hydroxylation is 4. The average Bonchev–Trinajstić information content (AvgIpc) is 4.28. The van der Waals surface area contributed by atoms with Gasteiger partial charge in [0.05, 0.1) is 24.9 Å². The summed E-state index contributed by atoms with van der Waals surface area (Å²) in [7, 11) is 0. The highest BCUT2D eigenvalue weighted by atomic mass is 16.7. The molecule has 0 fully saturated rings. The first-order valence-corrected chi connectivity index (χ1v) is 23.4. The van der Waals surface area contributed by atoms with Crippen LogP contribution in [0.5, 0.6) is 34.5 Å². The summed E-state index contributed by atoms with van der Waals surface area (Å²) in [5, 5.41) is 109. The zero-order valence-corrected chi connectivity index (χ0v) is 41.3. The van der Waals surface area contributed by atoms with Crippen molar-refractivity contribution in [1.29, 1.82) is 0 Å². The first-order valence-electron chi connectivity index (χ1n) is 23.4. The van der Waals surface area contributed by atoms with Crippen LogP contribution in [0.1, 0.15) is 90.8 Å². The van der Waals surface area contributed by atoms with Crippen molar-refractivity contribution in [2.24, 2.45) is 20.4 Å². The van der Waals surface area contributed by atoms with Gasteiger partial charge in [0.2, 0.25) is 6.79 Å². The van der Waals surface area contributed by atoms with Gasteiger partial charge in [-0.3, -0.25) is 0 Å². The molecule has 0 unspecified atom stereocenters. The van der Waals surface area contributed by atoms with Crippen LogP contribution in [0.2, 0.25) is 0 Å². The van der Waals surface area contributed by atoms with Crippen molar-refractivity contribution in [3.05, 3.63) is 200 Å². The molecule has 26 heteroatoms. The van der Waals surface area contributed by atoms with Crippen LogP contribution < -0.4 is 9.47 Å². The predicted octanol–water partition coefficient (Wildman–Crippen LogP) is 4.99. The van der Waals surface area contributed by atoms with Crippen LogP contribution in [0.25, 0.3) is 0 Å². The van der Waals surface area contributed by atoms with Gasteiger partial charge in [0.25, 0.3) is 0 Å². The topological polar surface area (TPSA) is 323 Å². The molecule has 0 spiro atoms. The number of hydrogen-bond acceptors (Lipinski definition) is 22. The Labute approximate surface area is 436 Å². The van der Waals surface area contributed by atoms with Gasteiger partial charge in [-0.25, -0.2) is 0 Å². The molecule has 0 aliphatic heterocycles. The number of phenols is 4. The molecule has 10 rings (SSSR count). The molecule has 26 nitrogen and oxygen atoms in total. The minimum absolute atomic E-state index is 0.0288. The van der Waals surface area contributed by atoms with Gasteiger partial charge in [-0.1, -0.05) is 24.3 Å². The predicted molar refractivity (Wildman–Crippen MR) is 276 cm³/mol. The lowest BCUT2D eigenvalue weighted by atomic mass is 9.83. The highest BCUT2D eigenvalue weighted by molar-refractivity contribution is 5.83. The fourth-order valence-corrected chi connectivity index (χ4v) is 8.09. The lowest BCUT2D eigenvalue weighted by molar-refractivity contribution is 0.120. The molecular weight excluding hydrogens is 989 g/mol. The van der Waals surface area contributed by atoms with Crippen molar-refractivity contribution in [3.63, 3.8) is 0 Å². The van der Waals surface area contributed by atoms with Gasteiger partial charge >= 0.3 is 0 Å². The van der Waals surface area contributed by atoms with E-state index in [2.05, 4.69) is 82.5 Å². The summed E-state index contributed by atoms with van der Waals surface area (Å²) in [4.78, 5) is 5.11. The molecule has 10 aromatic rings. The number of aromatic hydroxyl groups is 4. The summed E-state index contributed by atoms with van der Waals surface area (Å²) in [6.07, 6.45) is 6.26. The summed E-state index contributed by atoms with van der Waals surface area (Å²) < 4.78 is 12.1. The Hall–Kier alpha value is -10.9. The third kappa shape index (κ3) is 11.3. The third-order valence-corrected chi connectivity index (χ3v) is 12.0. The summed E-state index contributed by atoms with van der Waals surface area (Å²) in [6, 6.07) is 34.4. The summed E-state index contributed by atoms with van der Waals surface area (Å²) in [6.45, 7) is 6.68. The van der Waals surface area contributed by atoms with Crippen LogP contribution in [0.3, 0.4) is 0 Å². The smallest absolute Gasteiger partial charge is 0.230 e. The minimum Gasteiger partial charge on any atom is -0.508 e. The van der Waals surface area contributed by atoms with Gasteiger partial charge in [-0.15, -0.1) is 39.6 Å². The molecule has 4 N–H and O–H groups in total. The third-order valence-electron chi connectivity index (χ3n) is 12.0. The Morgan fingerprint density at radius 1 is 0.390 bits per heavy atom. The summed E-state index contributed by atoms with van der Waals surface area (Å²) >= 11 is 0. The molecule has 0 aliphatic rings. The summed E-state index contributed by atoms with van der Waals surface area (Å²) in [5.74, 6) is 1.32. The summed E-state index contributed by atoms with van der Waals surface area (Å²) in [5.41, 5.74) is 5.76. The van der Waals surface area contributed by atoms with Crippen molar-refractivity contribution in [1.82, 2.24) is 81.3 Å². The van der Waals surface area contributed by atoms with Crippen molar-refractivity contribution in [2.45, 2.75) is 39.5 Å². The monoisotopic (exact) mass is 1030 g/mol. The van der Waals surface area contributed by atoms with E-state index in [4.69, 9.17) is 9.47 Å². The van der Waals surface area contributed by atoms with E-state index in [1.54, 1.807) is 150 Å². The molecule has 0 saturated carbocycles. The molecule has 0 aliphatic carbocycles. The molecule has 6 aromatic carbocycles. The molecule has 0 atom stereocenters. The number of ether oxygens (including phenoxy) is 2. The van der Waals surface area contributed by atoms with E-state index in [9.17, 15) is 20.4 Å². The van der Waals surface area contributed by atoms with Gasteiger partial charge in [-0.2, -0.15) is 20.4 Å².